The topological polar surface area (TPSA) is 71.8 Å². The van der Waals surface area contributed by atoms with Crippen molar-refractivity contribution >= 4 is 17.5 Å². The molecule has 1 aliphatic heterocycles. The third-order valence-electron chi connectivity index (χ3n) is 6.21. The van der Waals surface area contributed by atoms with Crippen molar-refractivity contribution in [2.45, 2.75) is 19.9 Å². The summed E-state index contributed by atoms with van der Waals surface area (Å²) in [4.78, 5) is 27.3. The van der Waals surface area contributed by atoms with E-state index in [1.807, 2.05) is 66.4 Å². The minimum absolute atomic E-state index is 0.0366. The number of ether oxygens (including phenoxy) is 1. The van der Waals surface area contributed by atoms with Gasteiger partial charge in [0.1, 0.15) is 17.3 Å². The number of amides is 2. The minimum Gasteiger partial charge on any atom is -0.497 e. The number of hydrogen-bond donors (Lipinski definition) is 1. The van der Waals surface area contributed by atoms with Crippen LogP contribution in [0.25, 0.3) is 11.3 Å². The lowest BCUT2D eigenvalue weighted by Crippen LogP contribution is -2.35. The lowest BCUT2D eigenvalue weighted by molar-refractivity contribution is 0.0730. The summed E-state index contributed by atoms with van der Waals surface area (Å²) in [5.41, 5.74) is 4.99. The van der Waals surface area contributed by atoms with Crippen LogP contribution in [-0.2, 0) is 13.0 Å². The second kappa shape index (κ2) is 9.50. The van der Waals surface area contributed by atoms with Gasteiger partial charge in [-0.25, -0.2) is 0 Å². The molecule has 0 radical (unpaired) electrons. The first kappa shape index (κ1) is 22.5. The van der Waals surface area contributed by atoms with E-state index in [-0.39, 0.29) is 11.8 Å². The summed E-state index contributed by atoms with van der Waals surface area (Å²) < 4.78 is 11.3. The van der Waals surface area contributed by atoms with Gasteiger partial charge in [0.15, 0.2) is 0 Å². The number of hydrogen-bond acceptors (Lipinski definition) is 4. The predicted molar refractivity (Wildman–Crippen MR) is 135 cm³/mol. The Balaban J connectivity index is 1.27. The first-order valence-corrected chi connectivity index (χ1v) is 11.5. The zero-order chi connectivity index (χ0) is 24.4. The second-order valence-electron chi connectivity index (χ2n) is 8.67. The van der Waals surface area contributed by atoms with E-state index in [0.29, 0.717) is 42.1 Å². The molecule has 4 aromatic rings. The molecule has 35 heavy (non-hydrogen) atoms. The maximum absolute atomic E-state index is 12.9. The van der Waals surface area contributed by atoms with Gasteiger partial charge in [-0.15, -0.1) is 0 Å². The van der Waals surface area contributed by atoms with Gasteiger partial charge in [0.05, 0.1) is 7.11 Å². The van der Waals surface area contributed by atoms with E-state index in [1.54, 1.807) is 31.4 Å². The normalized spacial score (nSPS) is 12.7. The summed E-state index contributed by atoms with van der Waals surface area (Å²) in [5.74, 6) is 2.14. The molecule has 1 aromatic heterocycles. The summed E-state index contributed by atoms with van der Waals surface area (Å²) >= 11 is 0. The first-order chi connectivity index (χ1) is 17.0. The molecule has 5 rings (SSSR count). The molecule has 0 spiro atoms. The van der Waals surface area contributed by atoms with Crippen molar-refractivity contribution in [3.8, 4) is 17.1 Å². The van der Waals surface area contributed by atoms with E-state index in [4.69, 9.17) is 9.15 Å². The van der Waals surface area contributed by atoms with Gasteiger partial charge < -0.3 is 19.4 Å². The van der Waals surface area contributed by atoms with Crippen molar-refractivity contribution in [2.75, 3.05) is 19.0 Å². The third-order valence-corrected chi connectivity index (χ3v) is 6.21. The number of fused-ring (bicyclic) bond motifs is 1. The molecule has 0 saturated carbocycles. The van der Waals surface area contributed by atoms with Crippen LogP contribution in [0.4, 0.5) is 5.69 Å². The van der Waals surface area contributed by atoms with Gasteiger partial charge in [0, 0.05) is 47.5 Å². The number of benzene rings is 3. The number of carbonyl (C=O) groups excluding carboxylic acids is 2. The van der Waals surface area contributed by atoms with E-state index >= 15 is 0 Å². The van der Waals surface area contributed by atoms with Crippen molar-refractivity contribution in [1.82, 2.24) is 4.90 Å². The van der Waals surface area contributed by atoms with E-state index in [1.165, 1.54) is 0 Å². The predicted octanol–water partition coefficient (Wildman–Crippen LogP) is 5.71. The molecule has 0 atom stereocenters. The van der Waals surface area contributed by atoms with E-state index < -0.39 is 0 Å². The lowest BCUT2D eigenvalue weighted by atomic mass is 10.1. The Bertz CT molecular complexity index is 1370. The van der Waals surface area contributed by atoms with Crippen LogP contribution >= 0.6 is 0 Å². The van der Waals surface area contributed by atoms with E-state index in [9.17, 15) is 9.59 Å². The summed E-state index contributed by atoms with van der Waals surface area (Å²) in [6, 6.07) is 24.2. The number of furan rings is 1. The number of nitrogens with zero attached hydrogens (tertiary/aromatic N) is 1. The SMILES string of the molecule is COc1cccc(C(=O)Nc2ccc(-c3cc4c(o3)CCN(C(=O)c3ccc(C)cc3)C4)cc2)c1. The minimum atomic E-state index is -0.205. The third kappa shape index (κ3) is 4.82. The number of carbonyl (C=O) groups is 2. The fraction of sp³-hybridized carbons (Fsp3) is 0.172. The molecule has 0 aliphatic carbocycles. The lowest BCUT2D eigenvalue weighted by Gasteiger charge is -2.26. The standard InChI is InChI=1S/C29H26N2O4/c1-19-6-8-21(9-7-19)29(33)31-15-14-26-23(18-31)17-27(35-26)20-10-12-24(13-11-20)30-28(32)22-4-3-5-25(16-22)34-2/h3-13,16-17H,14-15,18H2,1-2H3,(H,30,32). The maximum Gasteiger partial charge on any atom is 0.255 e. The summed E-state index contributed by atoms with van der Waals surface area (Å²) in [5, 5.41) is 2.91. The van der Waals surface area contributed by atoms with Gasteiger partial charge in [0.2, 0.25) is 0 Å². The molecule has 2 amide bonds. The molecule has 0 saturated heterocycles. The molecule has 2 heterocycles. The molecule has 3 aromatic carbocycles. The fourth-order valence-electron chi connectivity index (χ4n) is 4.21. The monoisotopic (exact) mass is 466 g/mol. The van der Waals surface area contributed by atoms with Crippen molar-refractivity contribution in [3.05, 3.63) is 107 Å². The molecule has 0 bridgehead atoms. The van der Waals surface area contributed by atoms with Gasteiger partial charge in [0.25, 0.3) is 11.8 Å². The molecular formula is C29H26N2O4. The number of rotatable bonds is 5. The second-order valence-corrected chi connectivity index (χ2v) is 8.67. The van der Waals surface area contributed by atoms with Crippen LogP contribution in [0.2, 0.25) is 0 Å². The van der Waals surface area contributed by atoms with Crippen molar-refractivity contribution in [1.29, 1.82) is 0 Å². The van der Waals surface area contributed by atoms with Crippen LogP contribution in [0.3, 0.4) is 0 Å². The van der Waals surface area contributed by atoms with Crippen molar-refractivity contribution in [3.63, 3.8) is 0 Å². The largest absolute Gasteiger partial charge is 0.497 e. The molecular weight excluding hydrogens is 440 g/mol. The van der Waals surface area contributed by atoms with Crippen molar-refractivity contribution in [2.24, 2.45) is 0 Å². The summed E-state index contributed by atoms with van der Waals surface area (Å²) in [6.07, 6.45) is 0.682. The summed E-state index contributed by atoms with van der Waals surface area (Å²) in [7, 11) is 1.57. The zero-order valence-corrected chi connectivity index (χ0v) is 19.7. The summed E-state index contributed by atoms with van der Waals surface area (Å²) in [6.45, 7) is 3.16. The Morgan fingerprint density at radius 3 is 2.46 bits per heavy atom. The molecule has 0 fully saturated rings. The Kier molecular flexibility index (Phi) is 6.10. The molecule has 176 valence electrons. The highest BCUT2D eigenvalue weighted by Gasteiger charge is 2.25. The first-order valence-electron chi connectivity index (χ1n) is 11.5. The Hall–Kier alpha value is -4.32. The highest BCUT2D eigenvalue weighted by molar-refractivity contribution is 6.04. The van der Waals surface area contributed by atoms with Crippen LogP contribution in [0.1, 0.15) is 37.6 Å². The van der Waals surface area contributed by atoms with Gasteiger partial charge in [-0.05, 0) is 67.6 Å². The maximum atomic E-state index is 12.9. The van der Waals surface area contributed by atoms with Crippen LogP contribution in [0.5, 0.6) is 5.75 Å². The van der Waals surface area contributed by atoms with Crippen LogP contribution < -0.4 is 10.1 Å². The number of aryl methyl sites for hydroxylation is 1. The molecule has 6 nitrogen and oxygen atoms in total. The average molecular weight is 467 g/mol. The highest BCUT2D eigenvalue weighted by atomic mass is 16.5. The van der Waals surface area contributed by atoms with E-state index in [2.05, 4.69) is 5.32 Å². The van der Waals surface area contributed by atoms with Crippen LogP contribution in [-0.4, -0.2) is 30.4 Å². The Labute approximate surface area is 204 Å². The van der Waals surface area contributed by atoms with Gasteiger partial charge in [-0.2, -0.15) is 0 Å². The molecule has 6 heteroatoms. The quantitative estimate of drug-likeness (QED) is 0.409. The van der Waals surface area contributed by atoms with Crippen molar-refractivity contribution < 1.29 is 18.7 Å². The fourth-order valence-corrected chi connectivity index (χ4v) is 4.21. The number of nitrogens with one attached hydrogen (secondary N) is 1. The van der Waals surface area contributed by atoms with Gasteiger partial charge >= 0.3 is 0 Å². The Morgan fingerprint density at radius 1 is 0.943 bits per heavy atom. The number of methoxy groups -OCH3 is 1. The van der Waals surface area contributed by atoms with Gasteiger partial charge in [-0.3, -0.25) is 9.59 Å². The number of anilines is 1. The molecule has 1 aliphatic rings. The highest BCUT2D eigenvalue weighted by Crippen LogP contribution is 2.31. The zero-order valence-electron chi connectivity index (χ0n) is 19.7. The van der Waals surface area contributed by atoms with Crippen LogP contribution in [0.15, 0.2) is 83.3 Å². The molecule has 0 unspecified atom stereocenters. The average Bonchev–Trinajstić information content (AvgIpc) is 3.32. The van der Waals surface area contributed by atoms with Gasteiger partial charge in [-0.1, -0.05) is 23.8 Å². The van der Waals surface area contributed by atoms with E-state index in [0.717, 1.165) is 28.2 Å². The molecule has 1 N–H and O–H groups in total. The smallest absolute Gasteiger partial charge is 0.255 e. The van der Waals surface area contributed by atoms with Crippen LogP contribution in [0, 0.1) is 6.92 Å². The Morgan fingerprint density at radius 2 is 1.71 bits per heavy atom.